The summed E-state index contributed by atoms with van der Waals surface area (Å²) >= 11 is 0. The number of benzene rings is 2. The monoisotopic (exact) mass is 228 g/mol. The molecule has 0 aliphatic rings. The molecular weight excluding hydrogens is 212 g/mol. The van der Waals surface area contributed by atoms with Crippen molar-refractivity contribution in [2.24, 2.45) is 0 Å². The van der Waals surface area contributed by atoms with Crippen molar-refractivity contribution in [1.82, 2.24) is 0 Å². The minimum atomic E-state index is 0.279. The standard InChI is InChI=1S/C15H16O2/c1-2-12-4-3-5-15(10-12)17-11-13-6-8-14(16)9-7-13/h3-10,16H,2,11H2,1H3. The fourth-order valence-electron chi connectivity index (χ4n) is 1.61. The van der Waals surface area contributed by atoms with E-state index in [9.17, 15) is 0 Å². The number of aryl methyl sites for hydroxylation is 1. The molecule has 0 atom stereocenters. The lowest BCUT2D eigenvalue weighted by atomic mass is 10.2. The van der Waals surface area contributed by atoms with Gasteiger partial charge in [-0.2, -0.15) is 0 Å². The van der Waals surface area contributed by atoms with Gasteiger partial charge in [-0.3, -0.25) is 0 Å². The average molecular weight is 228 g/mol. The number of rotatable bonds is 4. The van der Waals surface area contributed by atoms with Crippen molar-refractivity contribution in [2.75, 3.05) is 0 Å². The quantitative estimate of drug-likeness (QED) is 0.867. The Balaban J connectivity index is 1.99. The molecule has 0 saturated heterocycles. The molecule has 0 unspecified atom stereocenters. The van der Waals surface area contributed by atoms with Crippen LogP contribution in [0, 0.1) is 0 Å². The number of hydrogen-bond acceptors (Lipinski definition) is 2. The van der Waals surface area contributed by atoms with Crippen LogP contribution < -0.4 is 4.74 Å². The first-order valence-corrected chi connectivity index (χ1v) is 5.77. The summed E-state index contributed by atoms with van der Waals surface area (Å²) in [4.78, 5) is 0. The summed E-state index contributed by atoms with van der Waals surface area (Å²) in [6, 6.07) is 15.2. The first-order valence-electron chi connectivity index (χ1n) is 5.77. The average Bonchev–Trinajstić information content (AvgIpc) is 2.38. The summed E-state index contributed by atoms with van der Waals surface area (Å²) < 4.78 is 5.69. The Morgan fingerprint density at radius 1 is 1.00 bits per heavy atom. The number of phenolic OH excluding ortho intramolecular Hbond substituents is 1. The molecule has 0 saturated carbocycles. The molecule has 0 heterocycles. The third-order valence-corrected chi connectivity index (χ3v) is 2.65. The molecule has 0 spiro atoms. The van der Waals surface area contributed by atoms with E-state index >= 15 is 0 Å². The summed E-state index contributed by atoms with van der Waals surface area (Å²) in [6.07, 6.45) is 1.01. The second-order valence-corrected chi connectivity index (χ2v) is 3.96. The maximum absolute atomic E-state index is 9.17. The highest BCUT2D eigenvalue weighted by atomic mass is 16.5. The van der Waals surface area contributed by atoms with Gasteiger partial charge in [-0.25, -0.2) is 0 Å². The molecule has 2 nitrogen and oxygen atoms in total. The Morgan fingerprint density at radius 3 is 2.47 bits per heavy atom. The molecule has 17 heavy (non-hydrogen) atoms. The second-order valence-electron chi connectivity index (χ2n) is 3.96. The third-order valence-electron chi connectivity index (χ3n) is 2.65. The molecular formula is C15H16O2. The van der Waals surface area contributed by atoms with Crippen LogP contribution in [0.5, 0.6) is 11.5 Å². The van der Waals surface area contributed by atoms with Gasteiger partial charge < -0.3 is 9.84 Å². The zero-order valence-electron chi connectivity index (χ0n) is 9.89. The fraction of sp³-hybridized carbons (Fsp3) is 0.200. The van der Waals surface area contributed by atoms with Crippen LogP contribution >= 0.6 is 0 Å². The Morgan fingerprint density at radius 2 is 1.76 bits per heavy atom. The molecule has 2 aromatic carbocycles. The van der Waals surface area contributed by atoms with Crippen LogP contribution in [0.25, 0.3) is 0 Å². The number of aromatic hydroxyl groups is 1. The normalized spacial score (nSPS) is 10.2. The second kappa shape index (κ2) is 5.39. The fourth-order valence-corrected chi connectivity index (χ4v) is 1.61. The van der Waals surface area contributed by atoms with Crippen LogP contribution in [0.4, 0.5) is 0 Å². The minimum absolute atomic E-state index is 0.279. The number of phenols is 1. The summed E-state index contributed by atoms with van der Waals surface area (Å²) in [6.45, 7) is 2.65. The van der Waals surface area contributed by atoms with Crippen LogP contribution in [0.3, 0.4) is 0 Å². The zero-order valence-corrected chi connectivity index (χ0v) is 9.89. The molecule has 0 aliphatic heterocycles. The van der Waals surface area contributed by atoms with E-state index in [1.165, 1.54) is 5.56 Å². The van der Waals surface area contributed by atoms with Crippen molar-refractivity contribution in [2.45, 2.75) is 20.0 Å². The Hall–Kier alpha value is -1.96. The number of ether oxygens (including phenoxy) is 1. The van der Waals surface area contributed by atoms with Crippen molar-refractivity contribution in [3.05, 3.63) is 59.7 Å². The minimum Gasteiger partial charge on any atom is -0.508 e. The van der Waals surface area contributed by atoms with Crippen LogP contribution in [-0.2, 0) is 13.0 Å². The first kappa shape index (κ1) is 11.5. The van der Waals surface area contributed by atoms with Crippen LogP contribution in [0.2, 0.25) is 0 Å². The molecule has 2 rings (SSSR count). The van der Waals surface area contributed by atoms with Crippen LogP contribution in [0.15, 0.2) is 48.5 Å². The molecule has 0 amide bonds. The van der Waals surface area contributed by atoms with Gasteiger partial charge in [-0.1, -0.05) is 31.2 Å². The van der Waals surface area contributed by atoms with E-state index in [0.29, 0.717) is 6.61 Å². The van der Waals surface area contributed by atoms with Gasteiger partial charge in [0.2, 0.25) is 0 Å². The lowest BCUT2D eigenvalue weighted by molar-refractivity contribution is 0.306. The summed E-state index contributed by atoms with van der Waals surface area (Å²) in [5.74, 6) is 1.17. The predicted octanol–water partition coefficient (Wildman–Crippen LogP) is 3.53. The van der Waals surface area contributed by atoms with Crippen LogP contribution in [0.1, 0.15) is 18.1 Å². The Labute approximate surface area is 101 Å². The largest absolute Gasteiger partial charge is 0.508 e. The van der Waals surface area contributed by atoms with Gasteiger partial charge in [-0.05, 0) is 41.8 Å². The van der Waals surface area contributed by atoms with Gasteiger partial charge >= 0.3 is 0 Å². The van der Waals surface area contributed by atoms with E-state index in [0.717, 1.165) is 17.7 Å². The maximum atomic E-state index is 9.17. The highest BCUT2D eigenvalue weighted by Gasteiger charge is 1.97. The molecule has 2 aromatic rings. The van der Waals surface area contributed by atoms with Crippen molar-refractivity contribution in [3.63, 3.8) is 0 Å². The molecule has 2 heteroatoms. The van der Waals surface area contributed by atoms with E-state index in [2.05, 4.69) is 19.1 Å². The van der Waals surface area contributed by atoms with Gasteiger partial charge in [-0.15, -0.1) is 0 Å². The van der Waals surface area contributed by atoms with Crippen LogP contribution in [-0.4, -0.2) is 5.11 Å². The van der Waals surface area contributed by atoms with Crippen molar-refractivity contribution < 1.29 is 9.84 Å². The molecule has 0 fully saturated rings. The number of hydrogen-bond donors (Lipinski definition) is 1. The predicted molar refractivity (Wildman–Crippen MR) is 68.3 cm³/mol. The first-order chi connectivity index (χ1) is 8.28. The lowest BCUT2D eigenvalue weighted by Crippen LogP contribution is -1.95. The topological polar surface area (TPSA) is 29.5 Å². The third kappa shape index (κ3) is 3.25. The molecule has 88 valence electrons. The van der Waals surface area contributed by atoms with Gasteiger partial charge in [0.25, 0.3) is 0 Å². The molecule has 0 radical (unpaired) electrons. The van der Waals surface area contributed by atoms with Gasteiger partial charge in [0.15, 0.2) is 0 Å². The van der Waals surface area contributed by atoms with Crippen molar-refractivity contribution >= 4 is 0 Å². The smallest absolute Gasteiger partial charge is 0.120 e. The zero-order chi connectivity index (χ0) is 12.1. The summed E-state index contributed by atoms with van der Waals surface area (Å²) in [7, 11) is 0. The molecule has 1 N–H and O–H groups in total. The van der Waals surface area contributed by atoms with Gasteiger partial charge in [0.05, 0.1) is 0 Å². The van der Waals surface area contributed by atoms with E-state index in [4.69, 9.17) is 9.84 Å². The van der Waals surface area contributed by atoms with Gasteiger partial charge in [0.1, 0.15) is 18.1 Å². The maximum Gasteiger partial charge on any atom is 0.120 e. The van der Waals surface area contributed by atoms with Crippen molar-refractivity contribution in [3.8, 4) is 11.5 Å². The molecule has 0 aromatic heterocycles. The highest BCUT2D eigenvalue weighted by molar-refractivity contribution is 5.29. The summed E-state index contributed by atoms with van der Waals surface area (Å²) in [5.41, 5.74) is 2.32. The van der Waals surface area contributed by atoms with Gasteiger partial charge in [0, 0.05) is 0 Å². The lowest BCUT2D eigenvalue weighted by Gasteiger charge is -2.07. The molecule has 0 bridgehead atoms. The summed E-state index contributed by atoms with van der Waals surface area (Å²) in [5, 5.41) is 9.17. The SMILES string of the molecule is CCc1cccc(OCc2ccc(O)cc2)c1. The van der Waals surface area contributed by atoms with E-state index in [1.54, 1.807) is 12.1 Å². The van der Waals surface area contributed by atoms with E-state index in [-0.39, 0.29) is 5.75 Å². The van der Waals surface area contributed by atoms with Crippen molar-refractivity contribution in [1.29, 1.82) is 0 Å². The van der Waals surface area contributed by atoms with E-state index < -0.39 is 0 Å². The highest BCUT2D eigenvalue weighted by Crippen LogP contribution is 2.16. The molecule has 0 aliphatic carbocycles. The van der Waals surface area contributed by atoms with E-state index in [1.807, 2.05) is 24.3 Å². The Bertz CT molecular complexity index is 475. The Kier molecular flexibility index (Phi) is 3.66.